The van der Waals surface area contributed by atoms with Gasteiger partial charge in [-0.1, -0.05) is 0 Å². The standard InChI is InChI=1S/C53H71F2N5O7/c1-5-59-45-14-11-36(34-17-23-66-24-18-34)27-41(45)42-28-37(12-15-46(42)59)52(64)56(3)21-7-9-50(61)58(33-49(54)55)32-39-30-48-44(31-40(39)35-19-25-67-26-20-35)43-29-38(13-16-47(43)60(48)6-2)53(65)57(4)22-8-10-51(62)63/h12-13,15-16,28-29,34-36,39-40,49H,5-11,14,17-27,30-33H2,1-4H3,(H,62,63). The average molecular weight is 928 g/mol. The van der Waals surface area contributed by atoms with Crippen molar-refractivity contribution in [3.63, 3.8) is 0 Å². The van der Waals surface area contributed by atoms with Crippen LogP contribution in [-0.2, 0) is 57.8 Å². The van der Waals surface area contributed by atoms with Crippen LogP contribution in [0.3, 0.4) is 0 Å². The second-order valence-electron chi connectivity index (χ2n) is 19.8. The lowest BCUT2D eigenvalue weighted by molar-refractivity contribution is -0.137. The molecule has 2 fully saturated rings. The van der Waals surface area contributed by atoms with Crippen molar-refractivity contribution in [1.82, 2.24) is 23.8 Å². The highest BCUT2D eigenvalue weighted by atomic mass is 19.3. The van der Waals surface area contributed by atoms with Gasteiger partial charge in [0.1, 0.15) is 0 Å². The van der Waals surface area contributed by atoms with Crippen molar-refractivity contribution in [2.24, 2.45) is 29.6 Å². The molecule has 0 bridgehead atoms. The van der Waals surface area contributed by atoms with Crippen LogP contribution in [0.4, 0.5) is 8.78 Å². The fourth-order valence-electron chi connectivity index (χ4n) is 12.4. The molecule has 2 saturated heterocycles. The van der Waals surface area contributed by atoms with Gasteiger partial charge in [0.25, 0.3) is 18.2 Å². The summed E-state index contributed by atoms with van der Waals surface area (Å²) in [6, 6.07) is 11.8. The van der Waals surface area contributed by atoms with Gasteiger partial charge < -0.3 is 38.4 Å². The normalized spacial score (nSPS) is 20.3. The molecule has 2 aliphatic carbocycles. The molecule has 67 heavy (non-hydrogen) atoms. The van der Waals surface area contributed by atoms with Gasteiger partial charge in [0.2, 0.25) is 5.91 Å². The summed E-state index contributed by atoms with van der Waals surface area (Å²) in [6.45, 7) is 9.00. The van der Waals surface area contributed by atoms with Gasteiger partial charge >= 0.3 is 5.97 Å². The number of benzene rings is 2. The molecule has 14 heteroatoms. The first-order valence-corrected chi connectivity index (χ1v) is 25.1. The minimum atomic E-state index is -2.69. The lowest BCUT2D eigenvalue weighted by atomic mass is 9.69. The molecule has 4 aromatic rings. The Bertz CT molecular complexity index is 2420. The highest BCUT2D eigenvalue weighted by Crippen LogP contribution is 2.44. The Morgan fingerprint density at radius 1 is 0.701 bits per heavy atom. The molecule has 8 rings (SSSR count). The zero-order valence-electron chi connectivity index (χ0n) is 40.1. The maximum atomic E-state index is 14.4. The molecule has 3 atom stereocenters. The van der Waals surface area contributed by atoms with E-state index in [-0.39, 0.29) is 48.9 Å². The fraction of sp³-hybridized carbons (Fsp3) is 0.623. The van der Waals surface area contributed by atoms with Crippen LogP contribution in [0.5, 0.6) is 0 Å². The zero-order valence-corrected chi connectivity index (χ0v) is 40.1. The number of halogens is 2. The summed E-state index contributed by atoms with van der Waals surface area (Å²) >= 11 is 0. The molecule has 3 amide bonds. The van der Waals surface area contributed by atoms with E-state index >= 15 is 0 Å². The fourth-order valence-corrected chi connectivity index (χ4v) is 12.4. The summed E-state index contributed by atoms with van der Waals surface area (Å²) in [5.74, 6) is 0.137. The summed E-state index contributed by atoms with van der Waals surface area (Å²) in [6.07, 6.45) is 6.58. The minimum Gasteiger partial charge on any atom is -0.481 e. The molecular formula is C53H71F2N5O7. The molecule has 1 N–H and O–H groups in total. The number of aryl methyl sites for hydroxylation is 2. The van der Waals surface area contributed by atoms with E-state index in [0.29, 0.717) is 87.4 Å². The highest BCUT2D eigenvalue weighted by molar-refractivity contribution is 6.00. The topological polar surface area (TPSA) is 127 Å². The Morgan fingerprint density at radius 2 is 1.24 bits per heavy atom. The molecule has 2 aromatic carbocycles. The highest BCUT2D eigenvalue weighted by Gasteiger charge is 2.40. The van der Waals surface area contributed by atoms with E-state index in [9.17, 15) is 28.0 Å². The second kappa shape index (κ2) is 21.6. The van der Waals surface area contributed by atoms with Gasteiger partial charge in [-0.25, -0.2) is 8.78 Å². The number of carboxylic acids is 1. The van der Waals surface area contributed by atoms with Crippen LogP contribution in [0.2, 0.25) is 0 Å². The molecule has 2 aromatic heterocycles. The quantitative estimate of drug-likeness (QED) is 0.106. The number of carbonyl (C=O) groups is 4. The van der Waals surface area contributed by atoms with E-state index in [1.54, 1.807) is 23.9 Å². The summed E-state index contributed by atoms with van der Waals surface area (Å²) in [5.41, 5.74) is 8.41. The number of ether oxygens (including phenoxy) is 2. The Hall–Kier alpha value is -4.82. The van der Waals surface area contributed by atoms with E-state index in [4.69, 9.17) is 14.6 Å². The van der Waals surface area contributed by atoms with Crippen molar-refractivity contribution in [1.29, 1.82) is 0 Å². The van der Waals surface area contributed by atoms with Crippen molar-refractivity contribution >= 4 is 45.5 Å². The van der Waals surface area contributed by atoms with E-state index < -0.39 is 18.9 Å². The largest absolute Gasteiger partial charge is 0.481 e. The number of fused-ring (bicyclic) bond motifs is 6. The van der Waals surface area contributed by atoms with Crippen LogP contribution >= 0.6 is 0 Å². The number of carbonyl (C=O) groups excluding carboxylic acids is 3. The van der Waals surface area contributed by atoms with Crippen LogP contribution in [0.1, 0.15) is 115 Å². The number of aromatic nitrogens is 2. The van der Waals surface area contributed by atoms with E-state index in [2.05, 4.69) is 35.1 Å². The van der Waals surface area contributed by atoms with Crippen molar-refractivity contribution in [3.8, 4) is 0 Å². The van der Waals surface area contributed by atoms with E-state index in [0.717, 1.165) is 80.3 Å². The maximum Gasteiger partial charge on any atom is 0.303 e. The lowest BCUT2D eigenvalue weighted by Gasteiger charge is -2.41. The van der Waals surface area contributed by atoms with Gasteiger partial charge in [-0.15, -0.1) is 0 Å². The molecule has 0 saturated carbocycles. The van der Waals surface area contributed by atoms with Crippen molar-refractivity contribution in [3.05, 3.63) is 70.0 Å². The number of carboxylic acid groups (broad SMARTS) is 1. The Labute approximate surface area is 393 Å². The molecule has 0 spiro atoms. The number of hydrogen-bond acceptors (Lipinski definition) is 6. The molecule has 12 nitrogen and oxygen atoms in total. The van der Waals surface area contributed by atoms with Gasteiger partial charge in [-0.2, -0.15) is 0 Å². The molecule has 2 aliphatic heterocycles. The molecular weight excluding hydrogens is 857 g/mol. The molecule has 364 valence electrons. The van der Waals surface area contributed by atoms with Gasteiger partial charge in [0, 0.05) is 130 Å². The first kappa shape index (κ1) is 48.6. The molecule has 0 radical (unpaired) electrons. The van der Waals surface area contributed by atoms with Crippen LogP contribution in [0.25, 0.3) is 21.8 Å². The molecule has 4 aliphatic rings. The van der Waals surface area contributed by atoms with Crippen LogP contribution in [0.15, 0.2) is 36.4 Å². The number of hydrogen-bond donors (Lipinski definition) is 1. The second-order valence-corrected chi connectivity index (χ2v) is 19.8. The third-order valence-electron chi connectivity index (χ3n) is 15.9. The number of aliphatic carboxylic acids is 1. The number of amides is 3. The van der Waals surface area contributed by atoms with Gasteiger partial charge in [0.05, 0.1) is 6.54 Å². The summed E-state index contributed by atoms with van der Waals surface area (Å²) < 4.78 is 44.9. The first-order valence-electron chi connectivity index (χ1n) is 25.1. The molecule has 3 unspecified atom stereocenters. The zero-order chi connectivity index (χ0) is 47.4. The Balaban J connectivity index is 0.960. The van der Waals surface area contributed by atoms with Gasteiger partial charge in [-0.05, 0) is 162 Å². The summed E-state index contributed by atoms with van der Waals surface area (Å²) in [7, 11) is 3.45. The van der Waals surface area contributed by atoms with Crippen LogP contribution in [-0.4, -0.2) is 126 Å². The predicted molar refractivity (Wildman–Crippen MR) is 255 cm³/mol. The van der Waals surface area contributed by atoms with Gasteiger partial charge in [0.15, 0.2) is 0 Å². The summed E-state index contributed by atoms with van der Waals surface area (Å²) in [4.78, 5) is 57.3. The third-order valence-corrected chi connectivity index (χ3v) is 15.9. The van der Waals surface area contributed by atoms with Crippen molar-refractivity contribution < 1.29 is 42.5 Å². The Morgan fingerprint density at radius 3 is 1.79 bits per heavy atom. The predicted octanol–water partition coefficient (Wildman–Crippen LogP) is 8.51. The monoisotopic (exact) mass is 928 g/mol. The van der Waals surface area contributed by atoms with Crippen molar-refractivity contribution in [2.45, 2.75) is 117 Å². The van der Waals surface area contributed by atoms with E-state index in [1.807, 2.05) is 24.3 Å². The van der Waals surface area contributed by atoms with Crippen LogP contribution in [0, 0.1) is 29.6 Å². The number of rotatable bonds is 18. The van der Waals surface area contributed by atoms with E-state index in [1.165, 1.54) is 33.7 Å². The first-order chi connectivity index (χ1) is 32.4. The maximum absolute atomic E-state index is 14.4. The Kier molecular flexibility index (Phi) is 15.7. The number of alkyl halides is 2. The average Bonchev–Trinajstić information content (AvgIpc) is 3.82. The summed E-state index contributed by atoms with van der Waals surface area (Å²) in [5, 5.41) is 11.3. The van der Waals surface area contributed by atoms with Crippen molar-refractivity contribution in [2.75, 3.05) is 66.7 Å². The molecule has 4 heterocycles. The minimum absolute atomic E-state index is 0.0108. The van der Waals surface area contributed by atoms with Gasteiger partial charge in [-0.3, -0.25) is 19.2 Å². The third kappa shape index (κ3) is 10.6. The number of nitrogens with zero attached hydrogens (tertiary/aromatic N) is 5. The smallest absolute Gasteiger partial charge is 0.303 e. The van der Waals surface area contributed by atoms with Crippen LogP contribution < -0.4 is 0 Å². The lowest BCUT2D eigenvalue weighted by Crippen LogP contribution is -2.45. The SMILES string of the molecule is CCn1c2c(c3cc(C(=O)N(C)CCCC(=O)N(CC(F)F)CC4Cc5c(c6cc(C(=O)N(C)CCCC(=O)O)ccc6n5CC)CC4C4CCOCC4)ccc31)CC(C1CCOCC1)CC2.